The second kappa shape index (κ2) is 5.76. The smallest absolute Gasteiger partial charge is 0.220 e. The monoisotopic (exact) mass is 324 g/mol. The highest BCUT2D eigenvalue weighted by Crippen LogP contribution is 2.37. The van der Waals surface area contributed by atoms with Gasteiger partial charge in [0.1, 0.15) is 5.65 Å². The van der Waals surface area contributed by atoms with Crippen molar-refractivity contribution in [2.45, 2.75) is 25.5 Å². The van der Waals surface area contributed by atoms with Gasteiger partial charge in [0.2, 0.25) is 5.95 Å². The highest BCUT2D eigenvalue weighted by Gasteiger charge is 2.32. The summed E-state index contributed by atoms with van der Waals surface area (Å²) < 4.78 is 5.60. The van der Waals surface area contributed by atoms with Crippen molar-refractivity contribution in [2.24, 2.45) is 0 Å². The van der Waals surface area contributed by atoms with Crippen molar-refractivity contribution in [3.63, 3.8) is 0 Å². The Labute approximate surface area is 139 Å². The van der Waals surface area contributed by atoms with E-state index in [2.05, 4.69) is 37.8 Å². The molecule has 4 rings (SSSR count). The molecule has 1 fully saturated rings. The van der Waals surface area contributed by atoms with Crippen molar-refractivity contribution >= 4 is 22.7 Å². The molecule has 1 aliphatic rings. The molecule has 0 aliphatic carbocycles. The van der Waals surface area contributed by atoms with E-state index in [1.807, 2.05) is 18.5 Å². The number of pyridine rings is 1. The summed E-state index contributed by atoms with van der Waals surface area (Å²) in [7, 11) is 1.78. The zero-order valence-corrected chi connectivity index (χ0v) is 13.7. The van der Waals surface area contributed by atoms with Gasteiger partial charge in [0.05, 0.1) is 28.9 Å². The maximum Gasteiger partial charge on any atom is 0.220 e. The summed E-state index contributed by atoms with van der Waals surface area (Å²) in [5.41, 5.74) is 9.50. The number of aromatic nitrogens is 4. The molecule has 1 unspecified atom stereocenters. The van der Waals surface area contributed by atoms with Crippen LogP contribution in [0.2, 0.25) is 0 Å². The Morgan fingerprint density at radius 3 is 2.88 bits per heavy atom. The van der Waals surface area contributed by atoms with Gasteiger partial charge in [-0.3, -0.25) is 0 Å². The zero-order chi connectivity index (χ0) is 16.7. The van der Waals surface area contributed by atoms with Crippen LogP contribution in [-0.2, 0) is 4.74 Å². The number of hydrogen-bond donors (Lipinski definition) is 2. The zero-order valence-electron chi connectivity index (χ0n) is 13.7. The third-order valence-electron chi connectivity index (χ3n) is 4.80. The van der Waals surface area contributed by atoms with Crippen LogP contribution in [0, 0.1) is 0 Å². The Morgan fingerprint density at radius 1 is 1.29 bits per heavy atom. The number of nitrogens with one attached hydrogen (secondary N) is 1. The van der Waals surface area contributed by atoms with Gasteiger partial charge >= 0.3 is 0 Å². The Balaban J connectivity index is 1.87. The fourth-order valence-electron chi connectivity index (χ4n) is 3.57. The molecule has 0 saturated carbocycles. The van der Waals surface area contributed by atoms with E-state index in [-0.39, 0.29) is 12.1 Å². The van der Waals surface area contributed by atoms with E-state index in [1.54, 1.807) is 13.3 Å². The van der Waals surface area contributed by atoms with Crippen LogP contribution in [0.3, 0.4) is 0 Å². The molecule has 2 atom stereocenters. The second-order valence-corrected chi connectivity index (χ2v) is 6.05. The maximum absolute atomic E-state index is 5.75. The van der Waals surface area contributed by atoms with Crippen molar-refractivity contribution in [2.75, 3.05) is 24.3 Å². The highest BCUT2D eigenvalue weighted by atomic mass is 16.5. The molecular formula is C17H20N6O. The van der Waals surface area contributed by atoms with Gasteiger partial charge in [0.25, 0.3) is 0 Å². The van der Waals surface area contributed by atoms with Crippen molar-refractivity contribution in [1.82, 2.24) is 19.9 Å². The molecule has 1 aliphatic heterocycles. The SMILES string of the molecule is COC1CCN(c2ccnc3[nH]cc(-c4ccnc(N)n4)c23)[C@@H]1C. The molecule has 124 valence electrons. The van der Waals surface area contributed by atoms with E-state index < -0.39 is 0 Å². The molecule has 0 spiro atoms. The summed E-state index contributed by atoms with van der Waals surface area (Å²) >= 11 is 0. The summed E-state index contributed by atoms with van der Waals surface area (Å²) in [4.78, 5) is 18.4. The maximum atomic E-state index is 5.75. The average molecular weight is 324 g/mol. The van der Waals surface area contributed by atoms with Gasteiger partial charge in [-0.05, 0) is 25.5 Å². The molecule has 0 amide bonds. The molecule has 3 aromatic heterocycles. The Hall–Kier alpha value is -2.67. The van der Waals surface area contributed by atoms with Crippen LogP contribution in [0.25, 0.3) is 22.3 Å². The van der Waals surface area contributed by atoms with Gasteiger partial charge in [0.15, 0.2) is 0 Å². The first-order chi connectivity index (χ1) is 11.7. The van der Waals surface area contributed by atoms with E-state index in [9.17, 15) is 0 Å². The van der Waals surface area contributed by atoms with E-state index in [0.717, 1.165) is 40.9 Å². The summed E-state index contributed by atoms with van der Waals surface area (Å²) in [6, 6.07) is 4.22. The average Bonchev–Trinajstić information content (AvgIpc) is 3.18. The summed E-state index contributed by atoms with van der Waals surface area (Å²) in [5, 5.41) is 1.05. The largest absolute Gasteiger partial charge is 0.379 e. The number of ether oxygens (including phenoxy) is 1. The fraction of sp³-hybridized carbons (Fsp3) is 0.353. The fourth-order valence-corrected chi connectivity index (χ4v) is 3.57. The molecule has 0 aromatic carbocycles. The molecule has 24 heavy (non-hydrogen) atoms. The minimum absolute atomic E-state index is 0.241. The number of rotatable bonds is 3. The van der Waals surface area contributed by atoms with E-state index in [1.165, 1.54) is 0 Å². The van der Waals surface area contributed by atoms with Gasteiger partial charge in [-0.15, -0.1) is 0 Å². The number of nitrogen functional groups attached to an aromatic ring is 1. The predicted molar refractivity (Wildman–Crippen MR) is 93.8 cm³/mol. The molecule has 0 radical (unpaired) electrons. The number of H-pyrrole nitrogens is 1. The predicted octanol–water partition coefficient (Wildman–Crippen LogP) is 2.22. The van der Waals surface area contributed by atoms with E-state index >= 15 is 0 Å². The molecule has 7 nitrogen and oxygen atoms in total. The number of nitrogens with zero attached hydrogens (tertiary/aromatic N) is 4. The first kappa shape index (κ1) is 14.9. The number of aromatic amines is 1. The van der Waals surface area contributed by atoms with Crippen LogP contribution in [0.15, 0.2) is 30.7 Å². The Bertz CT molecular complexity index is 876. The lowest BCUT2D eigenvalue weighted by atomic mass is 10.1. The van der Waals surface area contributed by atoms with Crippen LogP contribution in [0.1, 0.15) is 13.3 Å². The number of anilines is 2. The summed E-state index contributed by atoms with van der Waals surface area (Å²) in [6.45, 7) is 3.15. The highest BCUT2D eigenvalue weighted by molar-refractivity contribution is 6.02. The minimum Gasteiger partial charge on any atom is -0.379 e. The summed E-state index contributed by atoms with van der Waals surface area (Å²) in [5.74, 6) is 0.265. The first-order valence-corrected chi connectivity index (χ1v) is 8.03. The van der Waals surface area contributed by atoms with Gasteiger partial charge in [-0.2, -0.15) is 0 Å². The van der Waals surface area contributed by atoms with Crippen LogP contribution >= 0.6 is 0 Å². The van der Waals surface area contributed by atoms with E-state index in [0.29, 0.717) is 6.04 Å². The molecule has 1 saturated heterocycles. The number of nitrogens with two attached hydrogens (primary N) is 1. The van der Waals surface area contributed by atoms with Gasteiger partial charge < -0.3 is 20.4 Å². The normalized spacial score (nSPS) is 20.8. The lowest BCUT2D eigenvalue weighted by Crippen LogP contribution is -2.33. The summed E-state index contributed by atoms with van der Waals surface area (Å²) in [6.07, 6.45) is 6.69. The first-order valence-electron chi connectivity index (χ1n) is 8.03. The number of fused-ring (bicyclic) bond motifs is 1. The second-order valence-electron chi connectivity index (χ2n) is 6.05. The molecule has 7 heteroatoms. The van der Waals surface area contributed by atoms with Crippen LogP contribution in [0.4, 0.5) is 11.6 Å². The third-order valence-corrected chi connectivity index (χ3v) is 4.80. The molecular weight excluding hydrogens is 304 g/mol. The lowest BCUT2D eigenvalue weighted by Gasteiger charge is -2.27. The van der Waals surface area contributed by atoms with Crippen LogP contribution in [-0.4, -0.2) is 45.7 Å². The van der Waals surface area contributed by atoms with Crippen LogP contribution < -0.4 is 10.6 Å². The van der Waals surface area contributed by atoms with Crippen molar-refractivity contribution in [3.8, 4) is 11.3 Å². The molecule has 3 N–H and O–H groups in total. The van der Waals surface area contributed by atoms with Crippen molar-refractivity contribution < 1.29 is 4.74 Å². The lowest BCUT2D eigenvalue weighted by molar-refractivity contribution is 0.0998. The van der Waals surface area contributed by atoms with Gasteiger partial charge in [0, 0.05) is 37.8 Å². The molecule has 3 aromatic rings. The quantitative estimate of drug-likeness (QED) is 0.767. The molecule has 0 bridgehead atoms. The minimum atomic E-state index is 0.241. The molecule has 4 heterocycles. The topological polar surface area (TPSA) is 93.0 Å². The third kappa shape index (κ3) is 2.28. The van der Waals surface area contributed by atoms with E-state index in [4.69, 9.17) is 10.5 Å². The van der Waals surface area contributed by atoms with Gasteiger partial charge in [-0.1, -0.05) is 0 Å². The van der Waals surface area contributed by atoms with Gasteiger partial charge in [-0.25, -0.2) is 15.0 Å². The Morgan fingerprint density at radius 2 is 2.12 bits per heavy atom. The number of hydrogen-bond acceptors (Lipinski definition) is 6. The Kier molecular flexibility index (Phi) is 3.57. The van der Waals surface area contributed by atoms with Crippen LogP contribution in [0.5, 0.6) is 0 Å². The standard InChI is InChI=1S/C17H20N6O/c1-10-14(24-2)5-8-23(10)13-4-7-19-16-15(13)11(9-21-16)12-3-6-20-17(18)22-12/h3-4,6-7,9-10,14H,5,8H2,1-2H3,(H,19,21)(H2,18,20,22)/t10-,14?/m1/s1. The van der Waals surface area contributed by atoms with Crippen molar-refractivity contribution in [1.29, 1.82) is 0 Å². The van der Waals surface area contributed by atoms with Crippen molar-refractivity contribution in [3.05, 3.63) is 30.7 Å². The number of methoxy groups -OCH3 is 1.